The van der Waals surface area contributed by atoms with Crippen LogP contribution in [0.15, 0.2) is 22.9 Å². The van der Waals surface area contributed by atoms with Crippen LogP contribution in [0.3, 0.4) is 0 Å². The van der Waals surface area contributed by atoms with Crippen molar-refractivity contribution in [3.8, 4) is 0 Å². The SMILES string of the molecule is CCN(CCNC(=O)c1ccc(Br)nc1)C1CC1. The summed E-state index contributed by atoms with van der Waals surface area (Å²) >= 11 is 3.25. The highest BCUT2D eigenvalue weighted by Gasteiger charge is 2.27. The Morgan fingerprint density at radius 3 is 2.89 bits per heavy atom. The van der Waals surface area contributed by atoms with Crippen molar-refractivity contribution in [1.82, 2.24) is 15.2 Å². The van der Waals surface area contributed by atoms with Gasteiger partial charge >= 0.3 is 0 Å². The second-order valence-corrected chi connectivity index (χ2v) is 5.30. The van der Waals surface area contributed by atoms with E-state index in [0.29, 0.717) is 12.1 Å². The molecule has 1 aliphatic carbocycles. The van der Waals surface area contributed by atoms with Gasteiger partial charge in [0, 0.05) is 25.3 Å². The van der Waals surface area contributed by atoms with Crippen molar-refractivity contribution < 1.29 is 4.79 Å². The fraction of sp³-hybridized carbons (Fsp3) is 0.538. The third-order valence-corrected chi connectivity index (χ3v) is 3.61. The molecule has 0 unspecified atom stereocenters. The summed E-state index contributed by atoms with van der Waals surface area (Å²) in [6, 6.07) is 4.30. The highest BCUT2D eigenvalue weighted by molar-refractivity contribution is 9.10. The van der Waals surface area contributed by atoms with Crippen LogP contribution in [0.25, 0.3) is 0 Å². The number of nitrogens with one attached hydrogen (secondary N) is 1. The van der Waals surface area contributed by atoms with Gasteiger partial charge in [0.2, 0.25) is 0 Å². The van der Waals surface area contributed by atoms with Gasteiger partial charge in [0.15, 0.2) is 0 Å². The van der Waals surface area contributed by atoms with Crippen molar-refractivity contribution in [2.75, 3.05) is 19.6 Å². The van der Waals surface area contributed by atoms with E-state index >= 15 is 0 Å². The van der Waals surface area contributed by atoms with Gasteiger partial charge in [0.1, 0.15) is 4.60 Å². The molecule has 98 valence electrons. The second-order valence-electron chi connectivity index (χ2n) is 4.49. The summed E-state index contributed by atoms with van der Waals surface area (Å²) in [7, 11) is 0. The predicted octanol–water partition coefficient (Wildman–Crippen LogP) is 2.06. The molecule has 0 radical (unpaired) electrons. The van der Waals surface area contributed by atoms with Crippen LogP contribution in [0, 0.1) is 0 Å². The van der Waals surface area contributed by atoms with Gasteiger partial charge in [-0.2, -0.15) is 0 Å². The third kappa shape index (κ3) is 3.78. The molecule has 1 aromatic heterocycles. The number of amides is 1. The Morgan fingerprint density at radius 2 is 2.33 bits per heavy atom. The largest absolute Gasteiger partial charge is 0.351 e. The molecule has 1 heterocycles. The van der Waals surface area contributed by atoms with Crippen LogP contribution < -0.4 is 5.32 Å². The van der Waals surface area contributed by atoms with Gasteiger partial charge in [-0.3, -0.25) is 9.69 Å². The van der Waals surface area contributed by atoms with Crippen molar-refractivity contribution in [2.24, 2.45) is 0 Å². The molecule has 2 rings (SSSR count). The molecule has 0 bridgehead atoms. The lowest BCUT2D eigenvalue weighted by Gasteiger charge is -2.19. The quantitative estimate of drug-likeness (QED) is 0.818. The molecule has 0 spiro atoms. The van der Waals surface area contributed by atoms with E-state index in [1.54, 1.807) is 18.3 Å². The zero-order valence-corrected chi connectivity index (χ0v) is 12.1. The Bertz CT molecular complexity index is 403. The average molecular weight is 312 g/mol. The molecule has 1 aromatic rings. The molecule has 4 nitrogen and oxygen atoms in total. The highest BCUT2D eigenvalue weighted by atomic mass is 79.9. The van der Waals surface area contributed by atoms with Gasteiger partial charge < -0.3 is 5.32 Å². The molecule has 0 aromatic carbocycles. The molecule has 5 heteroatoms. The summed E-state index contributed by atoms with van der Waals surface area (Å²) in [5.41, 5.74) is 0.604. The van der Waals surface area contributed by atoms with E-state index in [1.807, 2.05) is 0 Å². The van der Waals surface area contributed by atoms with Crippen molar-refractivity contribution in [3.05, 3.63) is 28.5 Å². The number of halogens is 1. The molecule has 1 amide bonds. The molecular formula is C13H18BrN3O. The van der Waals surface area contributed by atoms with Crippen molar-refractivity contribution in [2.45, 2.75) is 25.8 Å². The molecule has 1 fully saturated rings. The van der Waals surface area contributed by atoms with Crippen LogP contribution in [0.5, 0.6) is 0 Å². The van der Waals surface area contributed by atoms with Gasteiger partial charge in [0.25, 0.3) is 5.91 Å². The first-order valence-corrected chi connectivity index (χ1v) is 7.14. The van der Waals surface area contributed by atoms with Crippen LogP contribution >= 0.6 is 15.9 Å². The van der Waals surface area contributed by atoms with E-state index in [-0.39, 0.29) is 5.91 Å². The lowest BCUT2D eigenvalue weighted by molar-refractivity contribution is 0.0947. The summed E-state index contributed by atoms with van der Waals surface area (Å²) in [6.45, 7) is 4.84. The van der Waals surface area contributed by atoms with E-state index in [9.17, 15) is 4.79 Å². The molecule has 0 atom stereocenters. The van der Waals surface area contributed by atoms with E-state index in [1.165, 1.54) is 12.8 Å². The summed E-state index contributed by atoms with van der Waals surface area (Å²) in [5, 5.41) is 2.93. The van der Waals surface area contributed by atoms with Gasteiger partial charge in [-0.05, 0) is 47.4 Å². The van der Waals surface area contributed by atoms with Crippen LogP contribution in [0.2, 0.25) is 0 Å². The Hall–Kier alpha value is -0.940. The molecule has 0 aliphatic heterocycles. The topological polar surface area (TPSA) is 45.2 Å². The molecular weight excluding hydrogens is 294 g/mol. The van der Waals surface area contributed by atoms with Crippen LogP contribution in [0.4, 0.5) is 0 Å². The fourth-order valence-corrected chi connectivity index (χ4v) is 2.20. The van der Waals surface area contributed by atoms with Gasteiger partial charge in [0.05, 0.1) is 5.56 Å². The van der Waals surface area contributed by atoms with Crippen molar-refractivity contribution >= 4 is 21.8 Å². The minimum Gasteiger partial charge on any atom is -0.351 e. The van der Waals surface area contributed by atoms with Gasteiger partial charge in [-0.1, -0.05) is 6.92 Å². The number of aromatic nitrogens is 1. The van der Waals surface area contributed by atoms with E-state index in [0.717, 1.165) is 23.7 Å². The van der Waals surface area contributed by atoms with Crippen LogP contribution in [0.1, 0.15) is 30.1 Å². The zero-order chi connectivity index (χ0) is 13.0. The average Bonchev–Trinajstić information content (AvgIpc) is 3.19. The summed E-state index contributed by atoms with van der Waals surface area (Å²) < 4.78 is 0.741. The molecule has 0 saturated heterocycles. The fourth-order valence-electron chi connectivity index (χ4n) is 1.96. The Labute approximate surface area is 116 Å². The molecule has 18 heavy (non-hydrogen) atoms. The predicted molar refractivity (Wildman–Crippen MR) is 74.5 cm³/mol. The van der Waals surface area contributed by atoms with E-state index in [4.69, 9.17) is 0 Å². The lowest BCUT2D eigenvalue weighted by Crippen LogP contribution is -2.36. The first-order chi connectivity index (χ1) is 8.70. The number of hydrogen-bond acceptors (Lipinski definition) is 3. The summed E-state index contributed by atoms with van der Waals surface area (Å²) in [6.07, 6.45) is 4.19. The maximum absolute atomic E-state index is 11.8. The Kier molecular flexibility index (Phi) is 4.72. The smallest absolute Gasteiger partial charge is 0.252 e. The lowest BCUT2D eigenvalue weighted by atomic mass is 10.3. The Balaban J connectivity index is 1.75. The first-order valence-electron chi connectivity index (χ1n) is 6.34. The first kappa shape index (κ1) is 13.5. The zero-order valence-electron chi connectivity index (χ0n) is 10.5. The van der Waals surface area contributed by atoms with Crippen LogP contribution in [-0.2, 0) is 0 Å². The van der Waals surface area contributed by atoms with E-state index in [2.05, 4.69) is 38.1 Å². The Morgan fingerprint density at radius 1 is 1.56 bits per heavy atom. The minimum absolute atomic E-state index is 0.0538. The molecule has 1 aliphatic rings. The minimum atomic E-state index is -0.0538. The number of rotatable bonds is 6. The maximum atomic E-state index is 11.8. The number of pyridine rings is 1. The van der Waals surface area contributed by atoms with Crippen molar-refractivity contribution in [3.63, 3.8) is 0 Å². The van der Waals surface area contributed by atoms with E-state index < -0.39 is 0 Å². The normalized spacial score (nSPS) is 14.8. The summed E-state index contributed by atoms with van der Waals surface area (Å²) in [5.74, 6) is -0.0538. The van der Waals surface area contributed by atoms with Gasteiger partial charge in [-0.15, -0.1) is 0 Å². The van der Waals surface area contributed by atoms with Crippen LogP contribution in [-0.4, -0.2) is 41.5 Å². The van der Waals surface area contributed by atoms with Gasteiger partial charge in [-0.25, -0.2) is 4.98 Å². The third-order valence-electron chi connectivity index (χ3n) is 3.14. The number of nitrogens with zero attached hydrogens (tertiary/aromatic N) is 2. The number of likely N-dealkylation sites (N-methyl/N-ethyl adjacent to an activating group) is 1. The maximum Gasteiger partial charge on any atom is 0.252 e. The van der Waals surface area contributed by atoms with Crippen molar-refractivity contribution in [1.29, 1.82) is 0 Å². The molecule has 1 N–H and O–H groups in total. The highest BCUT2D eigenvalue weighted by Crippen LogP contribution is 2.25. The number of carbonyl (C=O) groups excluding carboxylic acids is 1. The second kappa shape index (κ2) is 6.29. The standard InChI is InChI=1S/C13H18BrN3O/c1-2-17(11-4-5-11)8-7-15-13(18)10-3-6-12(14)16-9-10/h3,6,9,11H,2,4-5,7-8H2,1H3,(H,15,18). The number of hydrogen-bond donors (Lipinski definition) is 1. The molecule has 1 saturated carbocycles. The summed E-state index contributed by atoms with van der Waals surface area (Å²) in [4.78, 5) is 18.3. The number of carbonyl (C=O) groups is 1. The monoisotopic (exact) mass is 311 g/mol.